The highest BCUT2D eigenvalue weighted by Crippen LogP contribution is 2.28. The third kappa shape index (κ3) is 9.39. The first-order chi connectivity index (χ1) is 12.1. The summed E-state index contributed by atoms with van der Waals surface area (Å²) in [7, 11) is 0. The van der Waals surface area contributed by atoms with Crippen LogP contribution in [0.1, 0.15) is 46.5 Å². The number of carbonyl (C=O) groups is 1. The van der Waals surface area contributed by atoms with Gasteiger partial charge in [0.2, 0.25) is 5.91 Å². The molecule has 1 amide bonds. The summed E-state index contributed by atoms with van der Waals surface area (Å²) in [5, 5.41) is 9.54. The molecule has 2 fully saturated rings. The number of guanidine groups is 1. The van der Waals surface area contributed by atoms with Gasteiger partial charge in [0.25, 0.3) is 0 Å². The fourth-order valence-corrected chi connectivity index (χ4v) is 3.66. The zero-order valence-corrected chi connectivity index (χ0v) is 19.1. The average molecular weight is 479 g/mol. The van der Waals surface area contributed by atoms with Crippen molar-refractivity contribution in [3.05, 3.63) is 0 Å². The predicted octanol–water partition coefficient (Wildman–Crippen LogP) is 2.05. The first-order valence-electron chi connectivity index (χ1n) is 10.1. The van der Waals surface area contributed by atoms with Crippen molar-refractivity contribution in [3.63, 3.8) is 0 Å². The predicted molar refractivity (Wildman–Crippen MR) is 119 cm³/mol. The van der Waals surface area contributed by atoms with Crippen LogP contribution in [0.25, 0.3) is 0 Å². The van der Waals surface area contributed by atoms with Gasteiger partial charge in [-0.15, -0.1) is 24.0 Å². The van der Waals surface area contributed by atoms with Gasteiger partial charge in [-0.25, -0.2) is 0 Å². The summed E-state index contributed by atoms with van der Waals surface area (Å²) in [6.45, 7) is 13.4. The van der Waals surface area contributed by atoms with Gasteiger partial charge in [-0.2, -0.15) is 0 Å². The molecule has 26 heavy (non-hydrogen) atoms. The molecule has 1 heterocycles. The van der Waals surface area contributed by atoms with Crippen LogP contribution in [0.4, 0.5) is 0 Å². The van der Waals surface area contributed by atoms with Gasteiger partial charge in [0.15, 0.2) is 5.96 Å². The molecule has 0 spiro atoms. The van der Waals surface area contributed by atoms with Crippen LogP contribution >= 0.6 is 24.0 Å². The first-order valence-corrected chi connectivity index (χ1v) is 10.1. The molecule has 6 nitrogen and oxygen atoms in total. The quantitative estimate of drug-likeness (QED) is 0.205. The molecule has 2 atom stereocenters. The highest BCUT2D eigenvalue weighted by molar-refractivity contribution is 14.0. The number of piperidine rings is 1. The Hall–Kier alpha value is -0.570. The molecule has 2 rings (SSSR count). The molecular formula is C19H38IN5O. The van der Waals surface area contributed by atoms with Crippen LogP contribution in [0.3, 0.4) is 0 Å². The van der Waals surface area contributed by atoms with Crippen molar-refractivity contribution in [2.24, 2.45) is 22.7 Å². The van der Waals surface area contributed by atoms with E-state index in [4.69, 9.17) is 0 Å². The van der Waals surface area contributed by atoms with E-state index in [-0.39, 0.29) is 35.8 Å². The van der Waals surface area contributed by atoms with Gasteiger partial charge in [0.05, 0.1) is 0 Å². The normalized spacial score (nSPS) is 23.9. The Morgan fingerprint density at radius 1 is 1.08 bits per heavy atom. The van der Waals surface area contributed by atoms with Crippen molar-refractivity contribution >= 4 is 35.8 Å². The molecule has 1 saturated carbocycles. The second-order valence-corrected chi connectivity index (χ2v) is 7.81. The van der Waals surface area contributed by atoms with Crippen LogP contribution in [-0.2, 0) is 4.79 Å². The Balaban J connectivity index is 0.00000338. The van der Waals surface area contributed by atoms with E-state index in [1.165, 1.54) is 19.5 Å². The fourth-order valence-electron chi connectivity index (χ4n) is 3.66. The Kier molecular flexibility index (Phi) is 11.5. The SMILES string of the molecule is CCNC(=NCCCN1CC(C)CC(C)C1)NCCNC(=O)C1CC1.I. The van der Waals surface area contributed by atoms with Crippen LogP contribution in [0, 0.1) is 17.8 Å². The van der Waals surface area contributed by atoms with Crippen LogP contribution in [0.15, 0.2) is 4.99 Å². The molecule has 0 bridgehead atoms. The summed E-state index contributed by atoms with van der Waals surface area (Å²) < 4.78 is 0. The number of nitrogens with one attached hydrogen (secondary N) is 3. The van der Waals surface area contributed by atoms with Crippen LogP contribution in [0.5, 0.6) is 0 Å². The second kappa shape index (κ2) is 12.8. The number of halogens is 1. The minimum absolute atomic E-state index is 0. The van der Waals surface area contributed by atoms with Crippen molar-refractivity contribution in [3.8, 4) is 0 Å². The van der Waals surface area contributed by atoms with E-state index in [9.17, 15) is 4.79 Å². The molecule has 2 unspecified atom stereocenters. The number of nitrogens with zero attached hydrogens (tertiary/aromatic N) is 2. The minimum atomic E-state index is 0. The van der Waals surface area contributed by atoms with Gasteiger partial charge in [-0.3, -0.25) is 9.79 Å². The summed E-state index contributed by atoms with van der Waals surface area (Å²) in [6, 6.07) is 0. The van der Waals surface area contributed by atoms with E-state index in [0.717, 1.165) is 56.7 Å². The molecule has 3 N–H and O–H groups in total. The van der Waals surface area contributed by atoms with Gasteiger partial charge in [-0.05, 0) is 51.0 Å². The number of aliphatic imine (C=N–C) groups is 1. The summed E-state index contributed by atoms with van der Waals surface area (Å²) in [5.41, 5.74) is 0. The third-order valence-corrected chi connectivity index (χ3v) is 4.86. The summed E-state index contributed by atoms with van der Waals surface area (Å²) in [5.74, 6) is 2.97. The average Bonchev–Trinajstić information content (AvgIpc) is 3.39. The smallest absolute Gasteiger partial charge is 0.223 e. The van der Waals surface area contributed by atoms with Crippen molar-refractivity contribution in [2.45, 2.75) is 46.5 Å². The highest BCUT2D eigenvalue weighted by Gasteiger charge is 2.28. The Morgan fingerprint density at radius 2 is 1.73 bits per heavy atom. The van der Waals surface area contributed by atoms with E-state index in [1.807, 2.05) is 0 Å². The lowest BCUT2D eigenvalue weighted by atomic mass is 9.92. The molecule has 0 aromatic heterocycles. The minimum Gasteiger partial charge on any atom is -0.357 e. The molecule has 7 heteroatoms. The topological polar surface area (TPSA) is 68.8 Å². The maximum atomic E-state index is 11.6. The van der Waals surface area contributed by atoms with E-state index >= 15 is 0 Å². The summed E-state index contributed by atoms with van der Waals surface area (Å²) in [6.07, 6.45) is 4.56. The van der Waals surface area contributed by atoms with Gasteiger partial charge in [0.1, 0.15) is 0 Å². The van der Waals surface area contributed by atoms with Crippen LogP contribution in [0.2, 0.25) is 0 Å². The zero-order chi connectivity index (χ0) is 18.1. The van der Waals surface area contributed by atoms with Gasteiger partial charge in [0, 0.05) is 45.2 Å². The van der Waals surface area contributed by atoms with E-state index < -0.39 is 0 Å². The van der Waals surface area contributed by atoms with E-state index in [0.29, 0.717) is 13.1 Å². The zero-order valence-electron chi connectivity index (χ0n) is 16.7. The Bertz CT molecular complexity index is 432. The molecule has 0 aromatic rings. The number of rotatable bonds is 9. The van der Waals surface area contributed by atoms with Crippen molar-refractivity contribution in [2.75, 3.05) is 45.8 Å². The van der Waals surface area contributed by atoms with Crippen LogP contribution < -0.4 is 16.0 Å². The maximum Gasteiger partial charge on any atom is 0.223 e. The second-order valence-electron chi connectivity index (χ2n) is 7.81. The standard InChI is InChI=1S/C19H37N5O.HI/c1-4-20-19(23-10-9-21-18(25)17-6-7-17)22-8-5-11-24-13-15(2)12-16(3)14-24;/h15-17H,4-14H2,1-3H3,(H,21,25)(H2,20,22,23);1H. The van der Waals surface area contributed by atoms with Gasteiger partial charge >= 0.3 is 0 Å². The summed E-state index contributed by atoms with van der Waals surface area (Å²) >= 11 is 0. The van der Waals surface area contributed by atoms with Crippen molar-refractivity contribution in [1.29, 1.82) is 0 Å². The Morgan fingerprint density at radius 3 is 2.35 bits per heavy atom. The molecule has 1 aliphatic heterocycles. The van der Waals surface area contributed by atoms with Gasteiger partial charge < -0.3 is 20.9 Å². The lowest BCUT2D eigenvalue weighted by molar-refractivity contribution is -0.122. The maximum absolute atomic E-state index is 11.6. The number of hydrogen-bond acceptors (Lipinski definition) is 3. The lowest BCUT2D eigenvalue weighted by Gasteiger charge is -2.34. The van der Waals surface area contributed by atoms with E-state index in [1.54, 1.807) is 0 Å². The fraction of sp³-hybridized carbons (Fsp3) is 0.895. The number of amides is 1. The number of likely N-dealkylation sites (tertiary alicyclic amines) is 1. The molecule has 2 aliphatic rings. The number of hydrogen-bond donors (Lipinski definition) is 3. The third-order valence-electron chi connectivity index (χ3n) is 4.86. The van der Waals surface area contributed by atoms with Crippen LogP contribution in [-0.4, -0.2) is 62.6 Å². The molecule has 1 saturated heterocycles. The molecule has 0 aromatic carbocycles. The lowest BCUT2D eigenvalue weighted by Crippen LogP contribution is -2.42. The molecule has 152 valence electrons. The largest absolute Gasteiger partial charge is 0.357 e. The first kappa shape index (κ1) is 23.5. The summed E-state index contributed by atoms with van der Waals surface area (Å²) in [4.78, 5) is 18.8. The van der Waals surface area contributed by atoms with E-state index in [2.05, 4.69) is 46.6 Å². The molecular weight excluding hydrogens is 441 g/mol. The highest BCUT2D eigenvalue weighted by atomic mass is 127. The molecule has 1 aliphatic carbocycles. The van der Waals surface area contributed by atoms with Crippen molar-refractivity contribution in [1.82, 2.24) is 20.9 Å². The molecule has 0 radical (unpaired) electrons. The number of carbonyl (C=O) groups excluding carboxylic acids is 1. The monoisotopic (exact) mass is 479 g/mol. The Labute approximate surface area is 176 Å². The van der Waals surface area contributed by atoms with Crippen molar-refractivity contribution < 1.29 is 4.79 Å². The van der Waals surface area contributed by atoms with Gasteiger partial charge in [-0.1, -0.05) is 13.8 Å².